The van der Waals surface area contributed by atoms with E-state index in [1.165, 1.54) is 0 Å². The van der Waals surface area contributed by atoms with Gasteiger partial charge in [0.25, 0.3) is 0 Å². The summed E-state index contributed by atoms with van der Waals surface area (Å²) in [6.07, 6.45) is -0.272. The van der Waals surface area contributed by atoms with Crippen molar-refractivity contribution in [3.05, 3.63) is 0 Å². The van der Waals surface area contributed by atoms with Gasteiger partial charge >= 0.3 is 6.18 Å². The minimum absolute atomic E-state index is 0.0382. The second kappa shape index (κ2) is 6.05. The molecule has 2 N–H and O–H groups in total. The molecule has 2 nitrogen and oxygen atoms in total. The molecule has 0 aromatic rings. The van der Waals surface area contributed by atoms with E-state index in [2.05, 4.69) is 0 Å². The van der Waals surface area contributed by atoms with Crippen molar-refractivity contribution < 1.29 is 17.9 Å². The molecule has 0 radical (unpaired) electrons. The van der Waals surface area contributed by atoms with Crippen molar-refractivity contribution in [2.75, 3.05) is 6.61 Å². The van der Waals surface area contributed by atoms with Crippen molar-refractivity contribution in [2.24, 2.45) is 5.73 Å². The fourth-order valence-corrected chi connectivity index (χ4v) is 2.64. The van der Waals surface area contributed by atoms with Crippen molar-refractivity contribution in [3.63, 3.8) is 0 Å². The van der Waals surface area contributed by atoms with Gasteiger partial charge in [-0.25, -0.2) is 0 Å². The van der Waals surface area contributed by atoms with Gasteiger partial charge in [0.2, 0.25) is 0 Å². The first-order valence-electron chi connectivity index (χ1n) is 6.36. The standard InChI is InChI=1S/C12H22F3NO/c1-2-17-11(7-4-3-5-8-11)10(16)6-9-12(13,14)15/h10H,2-9,16H2,1H3. The Hall–Kier alpha value is -0.290. The molecule has 1 saturated carbocycles. The van der Waals surface area contributed by atoms with Crippen molar-refractivity contribution in [1.29, 1.82) is 0 Å². The Morgan fingerprint density at radius 3 is 2.29 bits per heavy atom. The van der Waals surface area contributed by atoms with Crippen LogP contribution in [0.1, 0.15) is 51.9 Å². The van der Waals surface area contributed by atoms with Gasteiger partial charge in [0.15, 0.2) is 0 Å². The highest BCUT2D eigenvalue weighted by atomic mass is 19.4. The number of hydrogen-bond donors (Lipinski definition) is 1. The van der Waals surface area contributed by atoms with Crippen LogP contribution in [0.3, 0.4) is 0 Å². The zero-order chi connectivity index (χ0) is 12.9. The summed E-state index contributed by atoms with van der Waals surface area (Å²) in [5.74, 6) is 0. The Morgan fingerprint density at radius 2 is 1.82 bits per heavy atom. The molecule has 1 unspecified atom stereocenters. The zero-order valence-corrected chi connectivity index (χ0v) is 10.4. The molecule has 0 bridgehead atoms. The smallest absolute Gasteiger partial charge is 0.374 e. The van der Waals surface area contributed by atoms with Crippen LogP contribution in [0, 0.1) is 0 Å². The molecule has 0 aromatic heterocycles. The number of alkyl halides is 3. The SMILES string of the molecule is CCOC1(C(N)CCC(F)(F)F)CCCCC1. The predicted octanol–water partition coefficient (Wildman–Crippen LogP) is 3.40. The average Bonchev–Trinajstić information content (AvgIpc) is 2.26. The first kappa shape index (κ1) is 14.8. The lowest BCUT2D eigenvalue weighted by atomic mass is 9.78. The fourth-order valence-electron chi connectivity index (χ4n) is 2.64. The third kappa shape index (κ3) is 4.47. The summed E-state index contributed by atoms with van der Waals surface area (Å²) >= 11 is 0. The number of halogens is 3. The molecule has 0 aromatic carbocycles. The largest absolute Gasteiger partial charge is 0.389 e. The van der Waals surface area contributed by atoms with Crippen LogP contribution in [-0.4, -0.2) is 24.4 Å². The predicted molar refractivity (Wildman–Crippen MR) is 60.7 cm³/mol. The second-order valence-electron chi connectivity index (χ2n) is 4.82. The third-order valence-electron chi connectivity index (χ3n) is 3.55. The maximum absolute atomic E-state index is 12.2. The van der Waals surface area contributed by atoms with E-state index >= 15 is 0 Å². The van der Waals surface area contributed by atoms with Crippen LogP contribution in [0.5, 0.6) is 0 Å². The van der Waals surface area contributed by atoms with E-state index in [0.29, 0.717) is 6.61 Å². The van der Waals surface area contributed by atoms with Gasteiger partial charge in [-0.15, -0.1) is 0 Å². The summed E-state index contributed by atoms with van der Waals surface area (Å²) in [4.78, 5) is 0. The lowest BCUT2D eigenvalue weighted by Crippen LogP contribution is -2.51. The molecule has 0 aliphatic heterocycles. The minimum Gasteiger partial charge on any atom is -0.374 e. The van der Waals surface area contributed by atoms with Gasteiger partial charge in [0, 0.05) is 19.1 Å². The summed E-state index contributed by atoms with van der Waals surface area (Å²) in [6, 6.07) is -0.510. The summed E-state index contributed by atoms with van der Waals surface area (Å²) in [5.41, 5.74) is 5.44. The van der Waals surface area contributed by atoms with Gasteiger partial charge in [-0.3, -0.25) is 0 Å². The van der Waals surface area contributed by atoms with Crippen LogP contribution in [0.2, 0.25) is 0 Å². The van der Waals surface area contributed by atoms with Gasteiger partial charge in [0.1, 0.15) is 0 Å². The number of nitrogens with two attached hydrogens (primary N) is 1. The van der Waals surface area contributed by atoms with Gasteiger partial charge in [-0.2, -0.15) is 13.2 Å². The molecule has 1 rings (SSSR count). The van der Waals surface area contributed by atoms with Gasteiger partial charge in [-0.1, -0.05) is 19.3 Å². The molecule has 102 valence electrons. The second-order valence-corrected chi connectivity index (χ2v) is 4.82. The van der Waals surface area contributed by atoms with E-state index in [1.807, 2.05) is 6.92 Å². The van der Waals surface area contributed by atoms with Crippen molar-refractivity contribution in [3.8, 4) is 0 Å². The summed E-state index contributed by atoms with van der Waals surface area (Å²) in [5, 5.41) is 0. The Labute approximate surface area is 101 Å². The highest BCUT2D eigenvalue weighted by molar-refractivity contribution is 4.94. The van der Waals surface area contributed by atoms with Crippen molar-refractivity contribution >= 4 is 0 Å². The molecule has 0 spiro atoms. The third-order valence-corrected chi connectivity index (χ3v) is 3.55. The Balaban J connectivity index is 2.56. The Morgan fingerprint density at radius 1 is 1.24 bits per heavy atom. The van der Waals surface area contributed by atoms with Gasteiger partial charge in [-0.05, 0) is 26.2 Å². The lowest BCUT2D eigenvalue weighted by Gasteiger charge is -2.41. The van der Waals surface area contributed by atoms with Crippen LogP contribution in [0.15, 0.2) is 0 Å². The summed E-state index contributed by atoms with van der Waals surface area (Å²) in [6.45, 7) is 2.38. The summed E-state index contributed by atoms with van der Waals surface area (Å²) in [7, 11) is 0. The number of rotatable bonds is 5. The van der Waals surface area contributed by atoms with Crippen LogP contribution in [-0.2, 0) is 4.74 Å². The minimum atomic E-state index is -4.13. The molecule has 1 aliphatic carbocycles. The molecular formula is C12H22F3NO. The van der Waals surface area contributed by atoms with Crippen LogP contribution in [0.25, 0.3) is 0 Å². The Bertz CT molecular complexity index is 219. The molecular weight excluding hydrogens is 231 g/mol. The number of hydrogen-bond acceptors (Lipinski definition) is 2. The fraction of sp³-hybridized carbons (Fsp3) is 1.00. The van der Waals surface area contributed by atoms with Crippen LogP contribution in [0.4, 0.5) is 13.2 Å². The maximum Gasteiger partial charge on any atom is 0.389 e. The average molecular weight is 253 g/mol. The maximum atomic E-state index is 12.2. The lowest BCUT2D eigenvalue weighted by molar-refractivity contribution is -0.143. The van der Waals surface area contributed by atoms with E-state index < -0.39 is 24.2 Å². The van der Waals surface area contributed by atoms with E-state index in [4.69, 9.17) is 10.5 Å². The monoisotopic (exact) mass is 253 g/mol. The molecule has 17 heavy (non-hydrogen) atoms. The van der Waals surface area contributed by atoms with E-state index in [1.54, 1.807) is 0 Å². The molecule has 1 fully saturated rings. The number of ether oxygens (including phenoxy) is 1. The molecule has 1 aliphatic rings. The summed E-state index contributed by atoms with van der Waals surface area (Å²) < 4.78 is 42.3. The van der Waals surface area contributed by atoms with Crippen LogP contribution >= 0.6 is 0 Å². The molecule has 5 heteroatoms. The first-order valence-corrected chi connectivity index (χ1v) is 6.36. The van der Waals surface area contributed by atoms with Crippen molar-refractivity contribution in [2.45, 2.75) is 69.7 Å². The van der Waals surface area contributed by atoms with E-state index in [9.17, 15) is 13.2 Å². The quantitative estimate of drug-likeness (QED) is 0.815. The molecule has 0 amide bonds. The molecule has 0 saturated heterocycles. The van der Waals surface area contributed by atoms with Gasteiger partial charge in [0.05, 0.1) is 5.60 Å². The van der Waals surface area contributed by atoms with Gasteiger partial charge < -0.3 is 10.5 Å². The topological polar surface area (TPSA) is 35.2 Å². The Kier molecular flexibility index (Phi) is 5.25. The highest BCUT2D eigenvalue weighted by Crippen LogP contribution is 2.36. The molecule has 0 heterocycles. The highest BCUT2D eigenvalue weighted by Gasteiger charge is 2.40. The van der Waals surface area contributed by atoms with E-state index in [-0.39, 0.29) is 6.42 Å². The van der Waals surface area contributed by atoms with Crippen LogP contribution < -0.4 is 5.73 Å². The van der Waals surface area contributed by atoms with Crippen molar-refractivity contribution in [1.82, 2.24) is 0 Å². The zero-order valence-electron chi connectivity index (χ0n) is 10.4. The van der Waals surface area contributed by atoms with E-state index in [0.717, 1.165) is 32.1 Å². The normalized spacial score (nSPS) is 22.4. The molecule has 1 atom stereocenters. The first-order chi connectivity index (χ1) is 7.90.